The third-order valence-corrected chi connectivity index (χ3v) is 5.80. The number of rotatable bonds is 7. The van der Waals surface area contributed by atoms with Crippen molar-refractivity contribution in [3.05, 3.63) is 54.1 Å². The van der Waals surface area contributed by atoms with E-state index in [0.717, 1.165) is 24.0 Å². The minimum Gasteiger partial charge on any atom is -0.207 e. The van der Waals surface area contributed by atoms with Crippen molar-refractivity contribution in [1.82, 2.24) is 4.31 Å². The van der Waals surface area contributed by atoms with Crippen LogP contribution in [0, 0.1) is 0 Å². The van der Waals surface area contributed by atoms with Crippen molar-refractivity contribution in [3.63, 3.8) is 0 Å². The molecule has 120 valence electrons. The summed E-state index contributed by atoms with van der Waals surface area (Å²) in [5, 5.41) is 0. The molecule has 1 heterocycles. The summed E-state index contributed by atoms with van der Waals surface area (Å²) in [6.45, 7) is 7.08. The maximum atomic E-state index is 12.6. The Balaban J connectivity index is 2.01. The first kappa shape index (κ1) is 17.0. The SMILES string of the molecule is C=C1CN(S(=O)(=O)c2ccccc2)C/C1=C\CCCCCC. The Bertz CT molecular complexity index is 632. The molecular weight excluding hydrogens is 294 g/mol. The van der Waals surface area contributed by atoms with Crippen LogP contribution in [-0.4, -0.2) is 25.8 Å². The molecule has 0 unspecified atom stereocenters. The van der Waals surface area contributed by atoms with Crippen molar-refractivity contribution in [1.29, 1.82) is 0 Å². The van der Waals surface area contributed by atoms with Gasteiger partial charge in [0.2, 0.25) is 10.0 Å². The molecule has 0 aliphatic carbocycles. The Labute approximate surface area is 134 Å². The molecule has 1 saturated heterocycles. The molecule has 1 aliphatic rings. The smallest absolute Gasteiger partial charge is 0.207 e. The fourth-order valence-corrected chi connectivity index (χ4v) is 4.07. The number of nitrogens with zero attached hydrogens (tertiary/aromatic N) is 1. The highest BCUT2D eigenvalue weighted by molar-refractivity contribution is 7.89. The quantitative estimate of drug-likeness (QED) is 0.708. The molecule has 0 aromatic heterocycles. The Kier molecular flexibility index (Phi) is 5.98. The molecule has 0 amide bonds. The van der Waals surface area contributed by atoms with Gasteiger partial charge in [-0.25, -0.2) is 8.42 Å². The van der Waals surface area contributed by atoms with E-state index in [4.69, 9.17) is 0 Å². The number of hydrogen-bond donors (Lipinski definition) is 0. The van der Waals surface area contributed by atoms with Gasteiger partial charge in [-0.15, -0.1) is 0 Å². The minimum atomic E-state index is -3.41. The zero-order chi connectivity index (χ0) is 16.0. The van der Waals surface area contributed by atoms with Crippen molar-refractivity contribution in [2.45, 2.75) is 43.9 Å². The number of allylic oxidation sites excluding steroid dienone is 1. The fourth-order valence-electron chi connectivity index (χ4n) is 2.64. The van der Waals surface area contributed by atoms with Crippen molar-refractivity contribution >= 4 is 10.0 Å². The van der Waals surface area contributed by atoms with E-state index in [0.29, 0.717) is 18.0 Å². The lowest BCUT2D eigenvalue weighted by Crippen LogP contribution is -2.28. The van der Waals surface area contributed by atoms with Gasteiger partial charge in [-0.3, -0.25) is 0 Å². The van der Waals surface area contributed by atoms with Gasteiger partial charge in [-0.05, 0) is 36.1 Å². The van der Waals surface area contributed by atoms with Gasteiger partial charge in [-0.2, -0.15) is 4.31 Å². The van der Waals surface area contributed by atoms with E-state index in [1.54, 1.807) is 24.3 Å². The summed E-state index contributed by atoms with van der Waals surface area (Å²) in [5.41, 5.74) is 2.01. The summed E-state index contributed by atoms with van der Waals surface area (Å²) in [6.07, 6.45) is 8.06. The van der Waals surface area contributed by atoms with Crippen LogP contribution in [0.15, 0.2) is 59.0 Å². The van der Waals surface area contributed by atoms with Crippen LogP contribution in [0.5, 0.6) is 0 Å². The van der Waals surface area contributed by atoms with E-state index in [1.165, 1.54) is 23.6 Å². The van der Waals surface area contributed by atoms with E-state index in [9.17, 15) is 8.42 Å². The second-order valence-corrected chi connectivity index (χ2v) is 7.71. The largest absolute Gasteiger partial charge is 0.243 e. The highest BCUT2D eigenvalue weighted by atomic mass is 32.2. The van der Waals surface area contributed by atoms with Gasteiger partial charge in [0.15, 0.2) is 0 Å². The average molecular weight is 319 g/mol. The lowest BCUT2D eigenvalue weighted by atomic mass is 10.1. The first-order valence-corrected chi connectivity index (χ1v) is 9.42. The average Bonchev–Trinajstić information content (AvgIpc) is 2.90. The highest BCUT2D eigenvalue weighted by Crippen LogP contribution is 2.27. The molecule has 0 N–H and O–H groups in total. The van der Waals surface area contributed by atoms with Crippen LogP contribution in [0.1, 0.15) is 39.0 Å². The second-order valence-electron chi connectivity index (χ2n) is 5.77. The summed E-state index contributed by atoms with van der Waals surface area (Å²) in [5.74, 6) is 0. The number of hydrogen-bond acceptors (Lipinski definition) is 2. The molecule has 0 saturated carbocycles. The predicted octanol–water partition coefficient (Wildman–Crippen LogP) is 4.14. The van der Waals surface area contributed by atoms with Gasteiger partial charge in [0.25, 0.3) is 0 Å². The van der Waals surface area contributed by atoms with Crippen LogP contribution in [0.4, 0.5) is 0 Å². The highest BCUT2D eigenvalue weighted by Gasteiger charge is 2.31. The van der Waals surface area contributed by atoms with Crippen molar-refractivity contribution < 1.29 is 8.42 Å². The molecule has 0 radical (unpaired) electrons. The van der Waals surface area contributed by atoms with Gasteiger partial charge in [0.1, 0.15) is 0 Å². The van der Waals surface area contributed by atoms with Gasteiger partial charge >= 0.3 is 0 Å². The maximum absolute atomic E-state index is 12.6. The first-order chi connectivity index (χ1) is 10.6. The summed E-state index contributed by atoms with van der Waals surface area (Å²) < 4.78 is 26.7. The second kappa shape index (κ2) is 7.75. The van der Waals surface area contributed by atoms with E-state index in [2.05, 4.69) is 19.6 Å². The summed E-state index contributed by atoms with van der Waals surface area (Å²) in [7, 11) is -3.41. The lowest BCUT2D eigenvalue weighted by molar-refractivity contribution is 0.489. The van der Waals surface area contributed by atoms with E-state index in [-0.39, 0.29) is 0 Å². The normalized spacial score (nSPS) is 18.2. The molecule has 2 rings (SSSR count). The van der Waals surface area contributed by atoms with Crippen molar-refractivity contribution in [2.75, 3.05) is 13.1 Å². The van der Waals surface area contributed by atoms with Gasteiger partial charge in [0.05, 0.1) is 4.90 Å². The van der Waals surface area contributed by atoms with E-state index in [1.807, 2.05) is 6.07 Å². The number of unbranched alkanes of at least 4 members (excludes halogenated alkanes) is 4. The van der Waals surface area contributed by atoms with Gasteiger partial charge in [-0.1, -0.05) is 57.0 Å². The number of sulfonamides is 1. The molecule has 1 aliphatic heterocycles. The monoisotopic (exact) mass is 319 g/mol. The molecule has 1 fully saturated rings. The Hall–Kier alpha value is -1.39. The minimum absolute atomic E-state index is 0.354. The van der Waals surface area contributed by atoms with Gasteiger partial charge in [0, 0.05) is 13.1 Å². The molecule has 4 heteroatoms. The Morgan fingerprint density at radius 1 is 1.14 bits per heavy atom. The van der Waals surface area contributed by atoms with Crippen LogP contribution in [-0.2, 0) is 10.0 Å². The first-order valence-electron chi connectivity index (χ1n) is 7.98. The summed E-state index contributed by atoms with van der Waals surface area (Å²) in [6, 6.07) is 8.61. The van der Waals surface area contributed by atoms with Gasteiger partial charge < -0.3 is 0 Å². The zero-order valence-electron chi connectivity index (χ0n) is 13.3. The van der Waals surface area contributed by atoms with Crippen LogP contribution in [0.2, 0.25) is 0 Å². The molecule has 1 aromatic rings. The van der Waals surface area contributed by atoms with Crippen molar-refractivity contribution in [3.8, 4) is 0 Å². The Morgan fingerprint density at radius 3 is 2.55 bits per heavy atom. The topological polar surface area (TPSA) is 37.4 Å². The molecule has 1 aromatic carbocycles. The predicted molar refractivity (Wildman–Crippen MR) is 91.2 cm³/mol. The fraction of sp³-hybridized carbons (Fsp3) is 0.444. The molecule has 0 spiro atoms. The summed E-state index contributed by atoms with van der Waals surface area (Å²) in [4.78, 5) is 0.354. The third kappa shape index (κ3) is 4.08. The van der Waals surface area contributed by atoms with Crippen LogP contribution >= 0.6 is 0 Å². The van der Waals surface area contributed by atoms with Crippen LogP contribution in [0.25, 0.3) is 0 Å². The molecule has 3 nitrogen and oxygen atoms in total. The lowest BCUT2D eigenvalue weighted by Gasteiger charge is -2.14. The molecule has 22 heavy (non-hydrogen) atoms. The van der Waals surface area contributed by atoms with Crippen molar-refractivity contribution in [2.24, 2.45) is 0 Å². The Morgan fingerprint density at radius 2 is 1.86 bits per heavy atom. The van der Waals surface area contributed by atoms with Crippen LogP contribution < -0.4 is 0 Å². The van der Waals surface area contributed by atoms with E-state index >= 15 is 0 Å². The maximum Gasteiger partial charge on any atom is 0.243 e. The molecular formula is C18H25NO2S. The standard InChI is InChI=1S/C18H25NO2S/c1-3-4-5-6-8-11-17-15-19(14-16(17)2)22(20,21)18-12-9-7-10-13-18/h7,9-13H,2-6,8,14-15H2,1H3/b17-11+. The summed E-state index contributed by atoms with van der Waals surface area (Å²) >= 11 is 0. The third-order valence-electron chi connectivity index (χ3n) is 4.00. The number of benzene rings is 1. The molecule has 0 atom stereocenters. The van der Waals surface area contributed by atoms with E-state index < -0.39 is 10.0 Å². The zero-order valence-corrected chi connectivity index (χ0v) is 14.1. The van der Waals surface area contributed by atoms with Crippen LogP contribution in [0.3, 0.4) is 0 Å². The molecule has 0 bridgehead atoms.